The maximum atomic E-state index is 13.6. The van der Waals surface area contributed by atoms with Crippen molar-refractivity contribution < 1.29 is 27.4 Å². The highest BCUT2D eigenvalue weighted by molar-refractivity contribution is 7.98. The van der Waals surface area contributed by atoms with Crippen molar-refractivity contribution in [1.29, 1.82) is 10.5 Å². The van der Waals surface area contributed by atoms with E-state index < -0.39 is 17.4 Å². The molecule has 0 radical (unpaired) electrons. The fourth-order valence-corrected chi connectivity index (χ4v) is 5.09. The Kier molecular flexibility index (Phi) is 7.90. The minimum Gasteiger partial charge on any atom is -0.491 e. The molecule has 1 fully saturated rings. The van der Waals surface area contributed by atoms with Gasteiger partial charge in [0.1, 0.15) is 53.3 Å². The second-order valence-electron chi connectivity index (χ2n) is 9.50. The molecule has 0 amide bonds. The number of ether oxygens (including phenoxy) is 3. The highest BCUT2D eigenvalue weighted by atomic mass is 32.2. The zero-order valence-corrected chi connectivity index (χ0v) is 22.8. The molecule has 3 heterocycles. The van der Waals surface area contributed by atoms with Crippen molar-refractivity contribution in [2.75, 3.05) is 18.9 Å². The van der Waals surface area contributed by atoms with Crippen LogP contribution in [0, 0.1) is 34.3 Å². The number of pyridine rings is 1. The second kappa shape index (κ2) is 11.6. The van der Waals surface area contributed by atoms with Crippen LogP contribution in [0.2, 0.25) is 0 Å². The van der Waals surface area contributed by atoms with Crippen LogP contribution in [0.15, 0.2) is 58.2 Å². The number of aromatic nitrogens is 2. The number of anilines is 1. The third kappa shape index (κ3) is 6.15. The lowest BCUT2D eigenvalue weighted by molar-refractivity contribution is -0.141. The Balaban J connectivity index is 1.35. The van der Waals surface area contributed by atoms with Crippen LogP contribution in [0.4, 0.5) is 14.6 Å². The first-order valence-corrected chi connectivity index (χ1v) is 13.4. The molecule has 2 aromatic carbocycles. The monoisotopic (exact) mass is 575 g/mol. The second-order valence-corrected chi connectivity index (χ2v) is 10.5. The van der Waals surface area contributed by atoms with Gasteiger partial charge in [-0.15, -0.1) is 0 Å². The Hall–Kier alpha value is -4.49. The summed E-state index contributed by atoms with van der Waals surface area (Å²) in [7, 11) is 0. The van der Waals surface area contributed by atoms with Gasteiger partial charge in [0.25, 0.3) is 0 Å². The number of hydrogen-bond acceptors (Lipinski definition) is 10. The molecule has 2 N–H and O–H groups in total. The Morgan fingerprint density at radius 2 is 1.78 bits per heavy atom. The average Bonchev–Trinajstić information content (AvgIpc) is 3.58. The lowest BCUT2D eigenvalue weighted by Gasteiger charge is -2.17. The minimum absolute atomic E-state index is 0.0204. The van der Waals surface area contributed by atoms with Gasteiger partial charge in [-0.25, -0.2) is 18.7 Å². The van der Waals surface area contributed by atoms with E-state index in [1.165, 1.54) is 24.1 Å². The quantitative estimate of drug-likeness (QED) is 0.255. The van der Waals surface area contributed by atoms with Crippen molar-refractivity contribution in [1.82, 2.24) is 9.97 Å². The van der Waals surface area contributed by atoms with E-state index in [1.807, 2.05) is 13.8 Å². The number of rotatable bonds is 8. The van der Waals surface area contributed by atoms with Crippen molar-refractivity contribution in [3.63, 3.8) is 0 Å². The summed E-state index contributed by atoms with van der Waals surface area (Å²) < 4.78 is 49.5. The van der Waals surface area contributed by atoms with Crippen molar-refractivity contribution >= 4 is 17.6 Å². The van der Waals surface area contributed by atoms with E-state index in [1.54, 1.807) is 24.3 Å². The largest absolute Gasteiger partial charge is 0.491 e. The summed E-state index contributed by atoms with van der Waals surface area (Å²) in [4.78, 5) is 8.62. The van der Waals surface area contributed by atoms with Gasteiger partial charge in [0, 0.05) is 16.9 Å². The van der Waals surface area contributed by atoms with Gasteiger partial charge < -0.3 is 24.4 Å². The molecule has 0 saturated carbocycles. The first-order valence-electron chi connectivity index (χ1n) is 12.4. The van der Waals surface area contributed by atoms with Crippen LogP contribution in [0.25, 0.3) is 22.6 Å². The van der Waals surface area contributed by atoms with E-state index in [2.05, 4.69) is 22.1 Å². The van der Waals surface area contributed by atoms with E-state index >= 15 is 0 Å². The molecule has 0 unspecified atom stereocenters. The van der Waals surface area contributed by atoms with Gasteiger partial charge in [0.2, 0.25) is 5.89 Å². The number of nitrogens with two attached hydrogens (primary N) is 1. The summed E-state index contributed by atoms with van der Waals surface area (Å²) in [5, 5.41) is 20.2. The summed E-state index contributed by atoms with van der Waals surface area (Å²) in [6.07, 6.45) is 1.18. The molecular formula is C29H23F2N5O4S. The van der Waals surface area contributed by atoms with Gasteiger partial charge in [-0.1, -0.05) is 23.9 Å². The Labute approximate surface area is 238 Å². The van der Waals surface area contributed by atoms with Crippen LogP contribution in [0.1, 0.15) is 30.7 Å². The zero-order chi connectivity index (χ0) is 29.1. The van der Waals surface area contributed by atoms with Crippen LogP contribution in [-0.2, 0) is 15.2 Å². The highest BCUT2D eigenvalue weighted by Gasteiger charge is 2.33. The van der Waals surface area contributed by atoms with Crippen LogP contribution >= 0.6 is 11.8 Å². The number of nitrogen functional groups attached to an aromatic ring is 1. The van der Waals surface area contributed by atoms with Gasteiger partial charge in [-0.05, 0) is 49.7 Å². The molecule has 1 aliphatic rings. The van der Waals surface area contributed by atoms with Crippen LogP contribution in [-0.4, -0.2) is 35.1 Å². The number of nitrogens with zero attached hydrogens (tertiary/aromatic N) is 4. The van der Waals surface area contributed by atoms with Crippen LogP contribution in [0.3, 0.4) is 0 Å². The number of hydrogen-bond donors (Lipinski definition) is 1. The number of oxazole rings is 1. The molecule has 1 aliphatic heterocycles. The Morgan fingerprint density at radius 1 is 1.05 bits per heavy atom. The topological polar surface area (TPSA) is 140 Å². The third-order valence-corrected chi connectivity index (χ3v) is 7.15. The predicted molar refractivity (Wildman–Crippen MR) is 145 cm³/mol. The molecule has 1 atom stereocenters. The maximum Gasteiger partial charge on any atom is 0.226 e. The number of halogens is 2. The molecular weight excluding hydrogens is 552 g/mol. The first-order chi connectivity index (χ1) is 19.7. The van der Waals surface area contributed by atoms with Gasteiger partial charge in [0.05, 0.1) is 17.9 Å². The zero-order valence-electron chi connectivity index (χ0n) is 22.0. The minimum atomic E-state index is -1.01. The van der Waals surface area contributed by atoms with Gasteiger partial charge in [-0.2, -0.15) is 10.5 Å². The smallest absolute Gasteiger partial charge is 0.226 e. The average molecular weight is 576 g/mol. The van der Waals surface area contributed by atoms with E-state index in [0.717, 1.165) is 12.1 Å². The summed E-state index contributed by atoms with van der Waals surface area (Å²) in [6.45, 7) is 4.42. The summed E-state index contributed by atoms with van der Waals surface area (Å²) in [6, 6.07) is 14.5. The molecule has 9 nitrogen and oxygen atoms in total. The van der Waals surface area contributed by atoms with E-state index in [-0.39, 0.29) is 40.3 Å². The maximum absolute atomic E-state index is 13.6. The van der Waals surface area contributed by atoms with Crippen molar-refractivity contribution in [2.45, 2.75) is 36.5 Å². The lowest BCUT2D eigenvalue weighted by Crippen LogP contribution is -2.25. The first kappa shape index (κ1) is 28.1. The van der Waals surface area contributed by atoms with Crippen molar-refractivity contribution in [2.24, 2.45) is 0 Å². The Morgan fingerprint density at radius 3 is 2.44 bits per heavy atom. The molecule has 12 heteroatoms. The number of thioether (sulfide) groups is 1. The molecule has 2 aromatic heterocycles. The number of nitriles is 2. The molecule has 5 rings (SSSR count). The standard InChI is InChI=1S/C29H23F2N5O4S/c1-29(2)39-14-20(40-29)13-37-19-6-3-16(4-7-19)25-21(10-32)26(34)36-28(22(25)11-33)41-15-18-12-38-27(35-18)17-5-8-23(30)24(31)9-17/h3-9,12,20H,13-15H2,1-2H3,(H2,34,36)/t20-/m1/s1. The van der Waals surface area contributed by atoms with E-state index in [9.17, 15) is 19.3 Å². The SMILES string of the molecule is CC1(C)OC[C@@H](COc2ccc(-c3c(C#N)c(N)nc(SCc4coc(-c5ccc(F)c(F)c5)n4)c3C#N)cc2)O1. The molecule has 4 aromatic rings. The Bertz CT molecular complexity index is 1680. The van der Waals surface area contributed by atoms with Crippen molar-refractivity contribution in [3.8, 4) is 40.5 Å². The lowest BCUT2D eigenvalue weighted by atomic mass is 9.97. The molecule has 1 saturated heterocycles. The van der Waals surface area contributed by atoms with Gasteiger partial charge >= 0.3 is 0 Å². The van der Waals surface area contributed by atoms with E-state index in [4.69, 9.17) is 24.4 Å². The predicted octanol–water partition coefficient (Wildman–Crippen LogP) is 5.83. The molecule has 0 aliphatic carbocycles. The fourth-order valence-electron chi connectivity index (χ4n) is 4.22. The molecule has 41 heavy (non-hydrogen) atoms. The highest BCUT2D eigenvalue weighted by Crippen LogP contribution is 2.37. The summed E-state index contributed by atoms with van der Waals surface area (Å²) in [5.41, 5.74) is 8.09. The van der Waals surface area contributed by atoms with E-state index in [0.29, 0.717) is 40.8 Å². The third-order valence-electron chi connectivity index (χ3n) is 6.14. The number of benzene rings is 2. The normalized spacial score (nSPS) is 15.8. The molecule has 208 valence electrons. The molecule has 0 spiro atoms. The van der Waals surface area contributed by atoms with Gasteiger partial charge in [-0.3, -0.25) is 0 Å². The summed E-state index contributed by atoms with van der Waals surface area (Å²) in [5.74, 6) is -1.72. The van der Waals surface area contributed by atoms with Gasteiger partial charge in [0.15, 0.2) is 17.4 Å². The van der Waals surface area contributed by atoms with Crippen LogP contribution < -0.4 is 10.5 Å². The fraction of sp³-hybridized carbons (Fsp3) is 0.241. The summed E-state index contributed by atoms with van der Waals surface area (Å²) >= 11 is 1.18. The van der Waals surface area contributed by atoms with Crippen LogP contribution in [0.5, 0.6) is 5.75 Å². The molecule has 0 bridgehead atoms. The van der Waals surface area contributed by atoms with Crippen molar-refractivity contribution in [3.05, 3.63) is 77.2 Å².